The molecule has 2 aromatic carbocycles. The molecule has 1 saturated heterocycles. The molecule has 1 fully saturated rings. The van der Waals surface area contributed by atoms with Crippen LogP contribution in [0.1, 0.15) is 55.2 Å². The van der Waals surface area contributed by atoms with Crippen LogP contribution in [0.3, 0.4) is 0 Å². The Kier molecular flexibility index (Phi) is 8.54. The van der Waals surface area contributed by atoms with Crippen molar-refractivity contribution < 1.29 is 9.59 Å². The molecule has 7 heteroatoms. The van der Waals surface area contributed by atoms with Gasteiger partial charge in [0.15, 0.2) is 0 Å². The van der Waals surface area contributed by atoms with Gasteiger partial charge in [0, 0.05) is 63.2 Å². The summed E-state index contributed by atoms with van der Waals surface area (Å²) in [6, 6.07) is 16.6. The van der Waals surface area contributed by atoms with Gasteiger partial charge in [0.25, 0.3) is 0 Å². The zero-order chi connectivity index (χ0) is 26.3. The van der Waals surface area contributed by atoms with Crippen molar-refractivity contribution in [1.29, 1.82) is 0 Å². The highest BCUT2D eigenvalue weighted by Crippen LogP contribution is 2.27. The standard InChI is InChI=1S/C31H39N5O2/c1-23-20-29(36-17-5-2-6-18-36)34-28-11-10-26(21-27(23)28)33-31(38)13-12-30(37)32-15-7-16-35-19-14-24-8-3-4-9-25(24)22-35/h3-4,8-11,20-21H,2,5-7,12-19,22H2,1H3,(H,32,37)(H,33,38). The number of hydrogen-bond acceptors (Lipinski definition) is 5. The molecule has 38 heavy (non-hydrogen) atoms. The Bertz CT molecular complexity index is 1280. The van der Waals surface area contributed by atoms with Crippen LogP contribution in [-0.4, -0.2) is 54.4 Å². The molecule has 200 valence electrons. The summed E-state index contributed by atoms with van der Waals surface area (Å²) < 4.78 is 0. The summed E-state index contributed by atoms with van der Waals surface area (Å²) in [4.78, 5) is 34.5. The molecule has 2 aliphatic heterocycles. The fourth-order valence-corrected chi connectivity index (χ4v) is 5.55. The highest BCUT2D eigenvalue weighted by Gasteiger charge is 2.16. The largest absolute Gasteiger partial charge is 0.357 e. The van der Waals surface area contributed by atoms with Crippen LogP contribution in [0.5, 0.6) is 0 Å². The molecule has 0 unspecified atom stereocenters. The van der Waals surface area contributed by atoms with E-state index in [2.05, 4.69) is 57.7 Å². The number of hydrogen-bond donors (Lipinski definition) is 2. The minimum Gasteiger partial charge on any atom is -0.357 e. The zero-order valence-electron chi connectivity index (χ0n) is 22.5. The number of pyridine rings is 1. The second-order valence-corrected chi connectivity index (χ2v) is 10.6. The molecule has 0 atom stereocenters. The van der Waals surface area contributed by atoms with Gasteiger partial charge in [-0.3, -0.25) is 14.5 Å². The van der Waals surface area contributed by atoms with E-state index >= 15 is 0 Å². The number of nitrogens with one attached hydrogen (secondary N) is 2. The average molecular weight is 514 g/mol. The first kappa shape index (κ1) is 26.2. The molecule has 5 rings (SSSR count). The number of piperidine rings is 1. The first-order chi connectivity index (χ1) is 18.5. The van der Waals surface area contributed by atoms with Crippen molar-refractivity contribution in [1.82, 2.24) is 15.2 Å². The maximum Gasteiger partial charge on any atom is 0.224 e. The van der Waals surface area contributed by atoms with Gasteiger partial charge in [-0.1, -0.05) is 24.3 Å². The second kappa shape index (κ2) is 12.4. The van der Waals surface area contributed by atoms with Crippen molar-refractivity contribution in [3.63, 3.8) is 0 Å². The van der Waals surface area contributed by atoms with Gasteiger partial charge < -0.3 is 15.5 Å². The van der Waals surface area contributed by atoms with Crippen molar-refractivity contribution in [2.75, 3.05) is 42.9 Å². The molecule has 2 aliphatic rings. The molecule has 0 aliphatic carbocycles. The van der Waals surface area contributed by atoms with Crippen LogP contribution >= 0.6 is 0 Å². The minimum absolute atomic E-state index is 0.0760. The lowest BCUT2D eigenvalue weighted by molar-refractivity contribution is -0.124. The Morgan fingerprint density at radius 1 is 0.921 bits per heavy atom. The highest BCUT2D eigenvalue weighted by atomic mass is 16.2. The normalized spacial score (nSPS) is 15.8. The van der Waals surface area contributed by atoms with Crippen LogP contribution in [0.25, 0.3) is 10.9 Å². The third-order valence-electron chi connectivity index (χ3n) is 7.73. The van der Waals surface area contributed by atoms with Crippen molar-refractivity contribution >= 4 is 34.2 Å². The van der Waals surface area contributed by atoms with Crippen molar-refractivity contribution in [2.24, 2.45) is 0 Å². The fourth-order valence-electron chi connectivity index (χ4n) is 5.55. The van der Waals surface area contributed by atoms with Crippen LogP contribution in [0, 0.1) is 6.92 Å². The van der Waals surface area contributed by atoms with Crippen molar-refractivity contribution in [3.8, 4) is 0 Å². The van der Waals surface area contributed by atoms with Gasteiger partial charge in [0.1, 0.15) is 5.82 Å². The molecule has 0 spiro atoms. The molecule has 7 nitrogen and oxygen atoms in total. The summed E-state index contributed by atoms with van der Waals surface area (Å²) in [5, 5.41) is 6.96. The summed E-state index contributed by atoms with van der Waals surface area (Å²) in [6.07, 6.45) is 6.08. The van der Waals surface area contributed by atoms with E-state index < -0.39 is 0 Å². The fraction of sp³-hybridized carbons (Fsp3) is 0.452. The number of aryl methyl sites for hydroxylation is 1. The molecule has 0 saturated carbocycles. The Hall–Kier alpha value is -3.45. The smallest absolute Gasteiger partial charge is 0.224 e. The lowest BCUT2D eigenvalue weighted by atomic mass is 10.00. The number of rotatable bonds is 9. The number of nitrogens with zero attached hydrogens (tertiary/aromatic N) is 3. The Morgan fingerprint density at radius 3 is 2.55 bits per heavy atom. The number of aromatic nitrogens is 1. The molecule has 1 aromatic heterocycles. The molecule has 3 aromatic rings. The van der Waals surface area contributed by atoms with E-state index in [-0.39, 0.29) is 24.7 Å². The third kappa shape index (κ3) is 6.70. The number of carbonyl (C=O) groups excluding carboxylic acids is 2. The number of anilines is 2. The monoisotopic (exact) mass is 513 g/mol. The first-order valence-electron chi connectivity index (χ1n) is 14.1. The van der Waals surface area contributed by atoms with Gasteiger partial charge >= 0.3 is 0 Å². The first-order valence-corrected chi connectivity index (χ1v) is 14.1. The molecule has 3 heterocycles. The lowest BCUT2D eigenvalue weighted by Crippen LogP contribution is -2.33. The Balaban J connectivity index is 1.03. The number of benzene rings is 2. The third-order valence-corrected chi connectivity index (χ3v) is 7.73. The quantitative estimate of drug-likeness (QED) is 0.401. The Morgan fingerprint density at radius 2 is 1.71 bits per heavy atom. The van der Waals surface area contributed by atoms with E-state index in [9.17, 15) is 9.59 Å². The summed E-state index contributed by atoms with van der Waals surface area (Å²) in [5.74, 6) is 0.814. The lowest BCUT2D eigenvalue weighted by Gasteiger charge is -2.28. The van der Waals surface area contributed by atoms with Crippen LogP contribution in [0.2, 0.25) is 0 Å². The van der Waals surface area contributed by atoms with Gasteiger partial charge in [-0.05, 0) is 80.0 Å². The van der Waals surface area contributed by atoms with E-state index in [0.29, 0.717) is 6.54 Å². The molecule has 2 N–H and O–H groups in total. The van der Waals surface area contributed by atoms with Crippen LogP contribution < -0.4 is 15.5 Å². The molecule has 0 radical (unpaired) electrons. The van der Waals surface area contributed by atoms with Gasteiger partial charge in [0.2, 0.25) is 11.8 Å². The molecular formula is C31H39N5O2. The van der Waals surface area contributed by atoms with Crippen molar-refractivity contribution in [2.45, 2.75) is 58.4 Å². The van der Waals surface area contributed by atoms with Gasteiger partial charge in [0.05, 0.1) is 5.52 Å². The molecule has 2 amide bonds. The van der Waals surface area contributed by atoms with E-state index in [4.69, 9.17) is 4.98 Å². The summed E-state index contributed by atoms with van der Waals surface area (Å²) >= 11 is 0. The van der Waals surface area contributed by atoms with Crippen molar-refractivity contribution in [3.05, 3.63) is 65.2 Å². The Labute approximate surface area is 225 Å². The summed E-state index contributed by atoms with van der Waals surface area (Å²) in [7, 11) is 0. The van der Waals surface area contributed by atoms with E-state index in [1.807, 2.05) is 18.2 Å². The topological polar surface area (TPSA) is 77.6 Å². The molecule has 0 bridgehead atoms. The number of fused-ring (bicyclic) bond motifs is 2. The molecular weight excluding hydrogens is 474 g/mol. The number of carbonyl (C=O) groups is 2. The maximum absolute atomic E-state index is 12.5. The van der Waals surface area contributed by atoms with E-state index in [0.717, 1.165) is 73.5 Å². The predicted molar refractivity (Wildman–Crippen MR) is 153 cm³/mol. The maximum atomic E-state index is 12.5. The number of amides is 2. The minimum atomic E-state index is -0.151. The van der Waals surface area contributed by atoms with Crippen LogP contribution in [0.4, 0.5) is 11.5 Å². The van der Waals surface area contributed by atoms with Crippen LogP contribution in [0.15, 0.2) is 48.5 Å². The van der Waals surface area contributed by atoms with E-state index in [1.165, 1.54) is 30.4 Å². The predicted octanol–water partition coefficient (Wildman–Crippen LogP) is 4.82. The summed E-state index contributed by atoms with van der Waals surface area (Å²) in [6.45, 7) is 7.86. The SMILES string of the molecule is Cc1cc(N2CCCCC2)nc2ccc(NC(=O)CCC(=O)NCCCN3CCc4ccccc4C3)cc12. The average Bonchev–Trinajstić information content (AvgIpc) is 2.95. The van der Waals surface area contributed by atoms with Gasteiger partial charge in [-0.2, -0.15) is 0 Å². The zero-order valence-corrected chi connectivity index (χ0v) is 22.5. The summed E-state index contributed by atoms with van der Waals surface area (Å²) in [5.41, 5.74) is 5.69. The van der Waals surface area contributed by atoms with Gasteiger partial charge in [-0.25, -0.2) is 4.98 Å². The van der Waals surface area contributed by atoms with Crippen LogP contribution in [-0.2, 0) is 22.6 Å². The van der Waals surface area contributed by atoms with Gasteiger partial charge in [-0.15, -0.1) is 0 Å². The highest BCUT2D eigenvalue weighted by molar-refractivity contribution is 5.96. The van der Waals surface area contributed by atoms with E-state index in [1.54, 1.807) is 0 Å². The second-order valence-electron chi connectivity index (χ2n) is 10.6.